The van der Waals surface area contributed by atoms with E-state index in [1.54, 1.807) is 47.2 Å². The zero-order valence-corrected chi connectivity index (χ0v) is 18.7. The number of hydrogen-bond acceptors (Lipinski definition) is 6. The number of rotatable bonds is 5. The number of amides is 1. The Morgan fingerprint density at radius 3 is 2.38 bits per heavy atom. The van der Waals surface area contributed by atoms with Crippen LogP contribution in [-0.2, 0) is 6.18 Å². The average Bonchev–Trinajstić information content (AvgIpc) is 3.29. The Bertz CT molecular complexity index is 1150. The molecule has 34 heavy (non-hydrogen) atoms. The van der Waals surface area contributed by atoms with E-state index in [4.69, 9.17) is 9.26 Å². The highest BCUT2D eigenvalue weighted by Crippen LogP contribution is 2.34. The molecule has 4 rings (SSSR count). The van der Waals surface area contributed by atoms with Gasteiger partial charge < -0.3 is 24.2 Å². The number of anilines is 1. The summed E-state index contributed by atoms with van der Waals surface area (Å²) in [6, 6.07) is 12.1. The van der Waals surface area contributed by atoms with Crippen molar-refractivity contribution in [3.63, 3.8) is 0 Å². The molecule has 2 aromatic carbocycles. The van der Waals surface area contributed by atoms with Gasteiger partial charge in [0.05, 0.1) is 24.3 Å². The van der Waals surface area contributed by atoms with Gasteiger partial charge in [0.25, 0.3) is 5.91 Å². The second-order valence-electron chi connectivity index (χ2n) is 8.01. The molecule has 1 N–H and O–H groups in total. The van der Waals surface area contributed by atoms with Gasteiger partial charge in [-0.15, -0.1) is 0 Å². The van der Waals surface area contributed by atoms with Crippen LogP contribution >= 0.6 is 0 Å². The second-order valence-corrected chi connectivity index (χ2v) is 8.01. The van der Waals surface area contributed by atoms with Crippen molar-refractivity contribution >= 4 is 11.6 Å². The molecule has 0 aliphatic carbocycles. The van der Waals surface area contributed by atoms with E-state index in [9.17, 15) is 23.1 Å². The third-order valence-electron chi connectivity index (χ3n) is 5.81. The molecule has 1 aliphatic heterocycles. The van der Waals surface area contributed by atoms with Crippen LogP contribution in [0, 0.1) is 0 Å². The number of benzene rings is 2. The molecular formula is C24H24F3N3O4. The van der Waals surface area contributed by atoms with Gasteiger partial charge in [0, 0.05) is 37.4 Å². The molecule has 1 aromatic heterocycles. The Balaban J connectivity index is 1.51. The van der Waals surface area contributed by atoms with Crippen LogP contribution in [0.1, 0.15) is 34.7 Å². The van der Waals surface area contributed by atoms with Crippen molar-refractivity contribution in [2.24, 2.45) is 0 Å². The van der Waals surface area contributed by atoms with E-state index in [-0.39, 0.29) is 24.4 Å². The smallest absolute Gasteiger partial charge is 0.416 e. The predicted octanol–water partition coefficient (Wildman–Crippen LogP) is 4.38. The van der Waals surface area contributed by atoms with Gasteiger partial charge in [-0.05, 0) is 49.4 Å². The molecule has 7 nitrogen and oxygen atoms in total. The fraction of sp³-hybridized carbons (Fsp3) is 0.333. The van der Waals surface area contributed by atoms with Crippen LogP contribution < -0.4 is 9.64 Å². The lowest BCUT2D eigenvalue weighted by atomic mass is 10.0. The summed E-state index contributed by atoms with van der Waals surface area (Å²) in [6.07, 6.45) is -5.42. The van der Waals surface area contributed by atoms with Gasteiger partial charge in [-0.3, -0.25) is 4.79 Å². The van der Waals surface area contributed by atoms with Gasteiger partial charge in [-0.1, -0.05) is 11.2 Å². The lowest BCUT2D eigenvalue weighted by Crippen LogP contribution is -2.49. The molecule has 1 atom stereocenters. The van der Waals surface area contributed by atoms with Crippen molar-refractivity contribution in [2.75, 3.05) is 38.2 Å². The molecule has 1 saturated heterocycles. The number of alkyl halides is 3. The molecule has 10 heteroatoms. The van der Waals surface area contributed by atoms with Crippen LogP contribution in [0.4, 0.5) is 18.9 Å². The first-order valence-corrected chi connectivity index (χ1v) is 10.7. The van der Waals surface area contributed by atoms with Gasteiger partial charge in [-0.2, -0.15) is 13.2 Å². The third kappa shape index (κ3) is 4.72. The molecule has 3 aromatic rings. The Labute approximate surface area is 194 Å². The first-order valence-electron chi connectivity index (χ1n) is 10.7. The van der Waals surface area contributed by atoms with E-state index in [1.165, 1.54) is 13.0 Å². The van der Waals surface area contributed by atoms with Gasteiger partial charge in [0.1, 0.15) is 11.4 Å². The Kier molecular flexibility index (Phi) is 6.52. The van der Waals surface area contributed by atoms with Crippen LogP contribution in [0.2, 0.25) is 0 Å². The van der Waals surface area contributed by atoms with Crippen molar-refractivity contribution in [1.82, 2.24) is 10.1 Å². The molecule has 0 radical (unpaired) electrons. The summed E-state index contributed by atoms with van der Waals surface area (Å²) in [5.74, 6) is 0.181. The summed E-state index contributed by atoms with van der Waals surface area (Å²) in [6.45, 7) is 2.81. The van der Waals surface area contributed by atoms with Crippen LogP contribution in [0.3, 0.4) is 0 Å². The summed E-state index contributed by atoms with van der Waals surface area (Å²) in [7, 11) is 1.55. The Morgan fingerprint density at radius 2 is 1.79 bits per heavy atom. The molecular weight excluding hydrogens is 451 g/mol. The maximum Gasteiger partial charge on any atom is 0.416 e. The van der Waals surface area contributed by atoms with E-state index in [2.05, 4.69) is 5.16 Å². The first-order chi connectivity index (χ1) is 16.2. The van der Waals surface area contributed by atoms with Crippen LogP contribution in [0.25, 0.3) is 11.3 Å². The minimum absolute atomic E-state index is 0.0478. The molecule has 1 aliphatic rings. The fourth-order valence-electron chi connectivity index (χ4n) is 3.99. The number of carbonyl (C=O) groups is 1. The molecule has 1 fully saturated rings. The average molecular weight is 475 g/mol. The fourth-order valence-corrected chi connectivity index (χ4v) is 3.99. The molecule has 0 bridgehead atoms. The summed E-state index contributed by atoms with van der Waals surface area (Å²) in [5, 5.41) is 14.4. The van der Waals surface area contributed by atoms with E-state index in [0.29, 0.717) is 35.8 Å². The summed E-state index contributed by atoms with van der Waals surface area (Å²) in [4.78, 5) is 16.5. The number of ether oxygens (including phenoxy) is 1. The van der Waals surface area contributed by atoms with E-state index >= 15 is 0 Å². The zero-order valence-electron chi connectivity index (χ0n) is 18.7. The number of halogens is 3. The molecule has 0 unspecified atom stereocenters. The Morgan fingerprint density at radius 1 is 1.12 bits per heavy atom. The number of nitrogens with zero attached hydrogens (tertiary/aromatic N) is 3. The minimum Gasteiger partial charge on any atom is -0.497 e. The molecule has 1 amide bonds. The van der Waals surface area contributed by atoms with E-state index in [0.717, 1.165) is 12.1 Å². The monoisotopic (exact) mass is 475 g/mol. The van der Waals surface area contributed by atoms with Crippen molar-refractivity contribution in [3.05, 3.63) is 65.4 Å². The van der Waals surface area contributed by atoms with E-state index in [1.807, 2.05) is 0 Å². The zero-order chi connectivity index (χ0) is 24.5. The lowest BCUT2D eigenvalue weighted by Gasteiger charge is -2.36. The standard InChI is InChI=1S/C24H24F3N3O4/c1-15(31)20-21(16-6-8-19(33-2)9-7-16)28-34-22(20)23(32)30-12-10-29(11-13-30)18-5-3-4-17(14-18)24(25,26)27/h3-9,14-15,31H,10-13H2,1-2H3/t15-/m0/s1. The van der Waals surface area contributed by atoms with Gasteiger partial charge in [0.2, 0.25) is 5.76 Å². The van der Waals surface area contributed by atoms with Crippen LogP contribution in [0.5, 0.6) is 5.75 Å². The van der Waals surface area contributed by atoms with Crippen LogP contribution in [0.15, 0.2) is 53.1 Å². The first kappa shape index (κ1) is 23.6. The van der Waals surface area contributed by atoms with Gasteiger partial charge in [0.15, 0.2) is 0 Å². The number of aliphatic hydroxyl groups excluding tert-OH is 1. The van der Waals surface area contributed by atoms with Crippen molar-refractivity contribution in [3.8, 4) is 17.0 Å². The summed E-state index contributed by atoms with van der Waals surface area (Å²) >= 11 is 0. The highest BCUT2D eigenvalue weighted by Gasteiger charge is 2.33. The lowest BCUT2D eigenvalue weighted by molar-refractivity contribution is -0.137. The maximum atomic E-state index is 13.2. The largest absolute Gasteiger partial charge is 0.497 e. The Hall–Kier alpha value is -3.53. The maximum absolute atomic E-state index is 13.2. The summed E-state index contributed by atoms with van der Waals surface area (Å²) < 4.78 is 49.7. The highest BCUT2D eigenvalue weighted by molar-refractivity contribution is 5.95. The number of piperazine rings is 1. The molecule has 0 saturated carbocycles. The minimum atomic E-state index is -4.42. The molecule has 180 valence electrons. The summed E-state index contributed by atoms with van der Waals surface area (Å²) in [5.41, 5.74) is 1.05. The normalized spacial score (nSPS) is 15.4. The predicted molar refractivity (Wildman–Crippen MR) is 119 cm³/mol. The van der Waals surface area contributed by atoms with Crippen LogP contribution in [-0.4, -0.2) is 54.4 Å². The number of hydrogen-bond donors (Lipinski definition) is 1. The van der Waals surface area contributed by atoms with Crippen molar-refractivity contribution < 1.29 is 32.3 Å². The number of methoxy groups -OCH3 is 1. The SMILES string of the molecule is COc1ccc(-c2noc(C(=O)N3CCN(c4cccc(C(F)(F)F)c4)CC3)c2[C@H](C)O)cc1. The molecule has 2 heterocycles. The van der Waals surface area contributed by atoms with E-state index < -0.39 is 23.8 Å². The van der Waals surface area contributed by atoms with Gasteiger partial charge in [-0.25, -0.2) is 0 Å². The highest BCUT2D eigenvalue weighted by atomic mass is 19.4. The third-order valence-corrected chi connectivity index (χ3v) is 5.81. The van der Waals surface area contributed by atoms with Crippen molar-refractivity contribution in [1.29, 1.82) is 0 Å². The number of aliphatic hydroxyl groups is 1. The van der Waals surface area contributed by atoms with Gasteiger partial charge >= 0.3 is 6.18 Å². The quantitative estimate of drug-likeness (QED) is 0.590. The number of carbonyl (C=O) groups excluding carboxylic acids is 1. The molecule has 0 spiro atoms. The second kappa shape index (κ2) is 9.38. The number of aromatic nitrogens is 1. The van der Waals surface area contributed by atoms with Crippen molar-refractivity contribution in [2.45, 2.75) is 19.2 Å². The topological polar surface area (TPSA) is 79.0 Å².